The summed E-state index contributed by atoms with van der Waals surface area (Å²) in [5.41, 5.74) is 0.659. The molecule has 0 spiro atoms. The van der Waals surface area contributed by atoms with Crippen LogP contribution in [0.4, 0.5) is 5.69 Å². The SMILES string of the molecule is CC[C@@H](C)NC(=O)CN1C(=O)[C@@H](CC)Oc2ccccc21. The summed E-state index contributed by atoms with van der Waals surface area (Å²) in [7, 11) is 0. The van der Waals surface area contributed by atoms with Gasteiger partial charge in [-0.1, -0.05) is 26.0 Å². The summed E-state index contributed by atoms with van der Waals surface area (Å²) >= 11 is 0. The van der Waals surface area contributed by atoms with Crippen LogP contribution in [0, 0.1) is 0 Å². The van der Waals surface area contributed by atoms with Crippen molar-refractivity contribution < 1.29 is 14.3 Å². The van der Waals surface area contributed by atoms with Crippen LogP contribution in [0.2, 0.25) is 0 Å². The van der Waals surface area contributed by atoms with E-state index in [-0.39, 0.29) is 24.4 Å². The summed E-state index contributed by atoms with van der Waals surface area (Å²) in [6.07, 6.45) is 0.921. The monoisotopic (exact) mass is 290 g/mol. The molecule has 1 aromatic rings. The van der Waals surface area contributed by atoms with E-state index >= 15 is 0 Å². The fourth-order valence-corrected chi connectivity index (χ4v) is 2.26. The Morgan fingerprint density at radius 2 is 2.10 bits per heavy atom. The number of nitrogens with zero attached hydrogens (tertiary/aromatic N) is 1. The van der Waals surface area contributed by atoms with Gasteiger partial charge in [0, 0.05) is 6.04 Å². The molecule has 1 aromatic carbocycles. The predicted molar refractivity (Wildman–Crippen MR) is 81.4 cm³/mol. The van der Waals surface area contributed by atoms with Crippen molar-refractivity contribution in [2.45, 2.75) is 45.8 Å². The van der Waals surface area contributed by atoms with Crippen molar-refractivity contribution in [3.8, 4) is 5.75 Å². The molecule has 5 heteroatoms. The van der Waals surface area contributed by atoms with Gasteiger partial charge in [-0.05, 0) is 31.9 Å². The topological polar surface area (TPSA) is 58.6 Å². The minimum absolute atomic E-state index is 0.0278. The molecular formula is C16H22N2O3. The highest BCUT2D eigenvalue weighted by Gasteiger charge is 2.34. The zero-order valence-corrected chi connectivity index (χ0v) is 12.8. The number of ether oxygens (including phenoxy) is 1. The maximum Gasteiger partial charge on any atom is 0.268 e. The molecule has 1 N–H and O–H groups in total. The van der Waals surface area contributed by atoms with E-state index in [0.29, 0.717) is 17.9 Å². The van der Waals surface area contributed by atoms with Gasteiger partial charge in [-0.3, -0.25) is 14.5 Å². The number of anilines is 1. The Labute approximate surface area is 125 Å². The molecule has 2 amide bonds. The van der Waals surface area contributed by atoms with E-state index in [1.165, 1.54) is 4.90 Å². The number of rotatable bonds is 5. The Balaban J connectivity index is 2.20. The van der Waals surface area contributed by atoms with Gasteiger partial charge in [0.25, 0.3) is 5.91 Å². The van der Waals surface area contributed by atoms with Crippen molar-refractivity contribution in [2.75, 3.05) is 11.4 Å². The molecule has 0 fully saturated rings. The molecule has 0 bridgehead atoms. The lowest BCUT2D eigenvalue weighted by Crippen LogP contribution is -2.50. The molecule has 0 aromatic heterocycles. The van der Waals surface area contributed by atoms with E-state index in [9.17, 15) is 9.59 Å². The third kappa shape index (κ3) is 3.35. The zero-order chi connectivity index (χ0) is 15.4. The second-order valence-corrected chi connectivity index (χ2v) is 5.28. The third-order valence-electron chi connectivity index (χ3n) is 3.66. The van der Waals surface area contributed by atoms with Gasteiger partial charge in [0.1, 0.15) is 12.3 Å². The number of carbonyl (C=O) groups is 2. The Kier molecular flexibility index (Phi) is 4.83. The molecule has 0 saturated carbocycles. The number of nitrogens with one attached hydrogen (secondary N) is 1. The van der Waals surface area contributed by atoms with Crippen LogP contribution in [0.3, 0.4) is 0 Å². The summed E-state index contributed by atoms with van der Waals surface area (Å²) < 4.78 is 5.68. The van der Waals surface area contributed by atoms with E-state index in [1.54, 1.807) is 6.07 Å². The molecule has 2 rings (SSSR count). The summed E-state index contributed by atoms with van der Waals surface area (Å²) in [5, 5.41) is 2.89. The minimum atomic E-state index is -0.517. The van der Waals surface area contributed by atoms with Gasteiger partial charge in [0.15, 0.2) is 6.10 Å². The highest BCUT2D eigenvalue weighted by Crippen LogP contribution is 2.34. The predicted octanol–water partition coefficient (Wildman–Crippen LogP) is 2.11. The second kappa shape index (κ2) is 6.61. The van der Waals surface area contributed by atoms with Crippen molar-refractivity contribution >= 4 is 17.5 Å². The Morgan fingerprint density at radius 3 is 2.76 bits per heavy atom. The van der Waals surface area contributed by atoms with Crippen LogP contribution in [0.1, 0.15) is 33.6 Å². The standard InChI is InChI=1S/C16H22N2O3/c1-4-11(3)17-15(19)10-18-12-8-6-7-9-14(12)21-13(5-2)16(18)20/h6-9,11,13H,4-5,10H2,1-3H3,(H,17,19)/t11-,13-/m1/s1. The largest absolute Gasteiger partial charge is 0.478 e. The van der Waals surface area contributed by atoms with Crippen LogP contribution in [-0.2, 0) is 9.59 Å². The van der Waals surface area contributed by atoms with Crippen LogP contribution >= 0.6 is 0 Å². The smallest absolute Gasteiger partial charge is 0.268 e. The molecule has 0 aliphatic carbocycles. The Hall–Kier alpha value is -2.04. The van der Waals surface area contributed by atoms with Crippen LogP contribution in [0.5, 0.6) is 5.75 Å². The first-order valence-electron chi connectivity index (χ1n) is 7.43. The Bertz CT molecular complexity index is 530. The molecule has 21 heavy (non-hydrogen) atoms. The van der Waals surface area contributed by atoms with Crippen LogP contribution in [-0.4, -0.2) is 30.5 Å². The fraction of sp³-hybridized carbons (Fsp3) is 0.500. The number of fused-ring (bicyclic) bond motifs is 1. The molecule has 1 aliphatic rings. The molecule has 0 radical (unpaired) electrons. The quantitative estimate of drug-likeness (QED) is 0.903. The molecule has 5 nitrogen and oxygen atoms in total. The molecule has 2 atom stereocenters. The minimum Gasteiger partial charge on any atom is -0.478 e. The van der Waals surface area contributed by atoms with Crippen molar-refractivity contribution in [1.29, 1.82) is 0 Å². The van der Waals surface area contributed by atoms with Crippen LogP contribution in [0.25, 0.3) is 0 Å². The van der Waals surface area contributed by atoms with Crippen LogP contribution in [0.15, 0.2) is 24.3 Å². The molecule has 1 aliphatic heterocycles. The summed E-state index contributed by atoms with van der Waals surface area (Å²) in [5.74, 6) is 0.347. The van der Waals surface area contributed by atoms with Crippen molar-refractivity contribution in [3.63, 3.8) is 0 Å². The fourth-order valence-electron chi connectivity index (χ4n) is 2.26. The van der Waals surface area contributed by atoms with Gasteiger partial charge >= 0.3 is 0 Å². The average Bonchev–Trinajstić information content (AvgIpc) is 2.49. The Morgan fingerprint density at radius 1 is 1.38 bits per heavy atom. The number of benzene rings is 1. The summed E-state index contributed by atoms with van der Waals surface area (Å²) in [4.78, 5) is 26.0. The normalized spacial score (nSPS) is 18.7. The van der Waals surface area contributed by atoms with E-state index < -0.39 is 6.10 Å². The zero-order valence-electron chi connectivity index (χ0n) is 12.8. The van der Waals surface area contributed by atoms with Crippen molar-refractivity contribution in [2.24, 2.45) is 0 Å². The molecule has 114 valence electrons. The van der Waals surface area contributed by atoms with E-state index in [0.717, 1.165) is 6.42 Å². The lowest BCUT2D eigenvalue weighted by atomic mass is 10.1. The number of para-hydroxylation sites is 2. The van der Waals surface area contributed by atoms with E-state index in [1.807, 2.05) is 39.0 Å². The second-order valence-electron chi connectivity index (χ2n) is 5.28. The third-order valence-corrected chi connectivity index (χ3v) is 3.66. The number of hydrogen-bond acceptors (Lipinski definition) is 3. The molecule has 0 saturated heterocycles. The summed E-state index contributed by atoms with van der Waals surface area (Å²) in [6.45, 7) is 5.88. The van der Waals surface area contributed by atoms with Gasteiger partial charge < -0.3 is 10.1 Å². The molecule has 0 unspecified atom stereocenters. The average molecular weight is 290 g/mol. The van der Waals surface area contributed by atoms with Crippen molar-refractivity contribution in [1.82, 2.24) is 5.32 Å². The number of carbonyl (C=O) groups excluding carboxylic acids is 2. The first-order valence-corrected chi connectivity index (χ1v) is 7.43. The maximum absolute atomic E-state index is 12.4. The molecular weight excluding hydrogens is 268 g/mol. The van der Waals surface area contributed by atoms with E-state index in [2.05, 4.69) is 5.32 Å². The van der Waals surface area contributed by atoms with Crippen molar-refractivity contribution in [3.05, 3.63) is 24.3 Å². The van der Waals surface area contributed by atoms with E-state index in [4.69, 9.17) is 4.74 Å². The summed E-state index contributed by atoms with van der Waals surface area (Å²) in [6, 6.07) is 7.42. The van der Waals surface area contributed by atoms with Gasteiger partial charge in [0.05, 0.1) is 5.69 Å². The highest BCUT2D eigenvalue weighted by molar-refractivity contribution is 6.03. The first-order chi connectivity index (χ1) is 10.1. The lowest BCUT2D eigenvalue weighted by Gasteiger charge is -2.33. The first kappa shape index (κ1) is 15.4. The number of hydrogen-bond donors (Lipinski definition) is 1. The maximum atomic E-state index is 12.4. The van der Waals surface area contributed by atoms with Gasteiger partial charge in [0.2, 0.25) is 5.91 Å². The highest BCUT2D eigenvalue weighted by atomic mass is 16.5. The van der Waals surface area contributed by atoms with Gasteiger partial charge in [-0.25, -0.2) is 0 Å². The van der Waals surface area contributed by atoms with Crippen LogP contribution < -0.4 is 15.0 Å². The molecule has 1 heterocycles. The van der Waals surface area contributed by atoms with Gasteiger partial charge in [-0.15, -0.1) is 0 Å². The number of amides is 2. The lowest BCUT2D eigenvalue weighted by molar-refractivity contribution is -0.129. The van der Waals surface area contributed by atoms with Gasteiger partial charge in [-0.2, -0.15) is 0 Å².